The minimum absolute atomic E-state index is 0.129. The molecule has 27 heavy (non-hydrogen) atoms. The molecule has 2 aromatic rings. The highest BCUT2D eigenvalue weighted by Gasteiger charge is 2.38. The molecule has 0 bridgehead atoms. The first-order valence-electron chi connectivity index (χ1n) is 8.60. The smallest absolute Gasteiger partial charge is 0.326 e. The highest BCUT2D eigenvalue weighted by atomic mass is 19.1. The van der Waals surface area contributed by atoms with Crippen LogP contribution >= 0.6 is 0 Å². The minimum Gasteiger partial charge on any atom is -0.480 e. The Hall–Kier alpha value is -3.22. The quantitative estimate of drug-likeness (QED) is 0.762. The summed E-state index contributed by atoms with van der Waals surface area (Å²) in [6.07, 6.45) is 0.407. The lowest BCUT2D eigenvalue weighted by atomic mass is 10.0. The Morgan fingerprint density at radius 2 is 1.81 bits per heavy atom. The summed E-state index contributed by atoms with van der Waals surface area (Å²) in [4.78, 5) is 38.0. The predicted molar refractivity (Wildman–Crippen MR) is 96.6 cm³/mol. The third-order valence-corrected chi connectivity index (χ3v) is 4.56. The maximum atomic E-state index is 13.1. The molecule has 1 heterocycles. The van der Waals surface area contributed by atoms with Crippen molar-refractivity contribution in [2.24, 2.45) is 5.92 Å². The molecule has 2 aromatic carbocycles. The zero-order valence-electron chi connectivity index (χ0n) is 14.5. The van der Waals surface area contributed by atoms with Gasteiger partial charge in [0, 0.05) is 18.7 Å². The van der Waals surface area contributed by atoms with E-state index in [4.69, 9.17) is 0 Å². The Bertz CT molecular complexity index is 839. The van der Waals surface area contributed by atoms with Gasteiger partial charge in [0.15, 0.2) is 0 Å². The summed E-state index contributed by atoms with van der Waals surface area (Å²) in [5.74, 6) is -3.54. The molecular weight excluding hydrogens is 351 g/mol. The summed E-state index contributed by atoms with van der Waals surface area (Å²) < 4.78 is 13.1. The third-order valence-electron chi connectivity index (χ3n) is 4.56. The standard InChI is InChI=1S/C20H19FN2O4/c21-14-6-8-15(9-7-14)23-11-10-16(19(23)25)18(24)22-17(20(26)27)12-13-4-2-1-3-5-13/h1-9,16-17H,10-12H2,(H,22,24)(H,26,27)/t16?,17-/m1/s1. The Labute approximate surface area is 155 Å². The predicted octanol–water partition coefficient (Wildman–Crippen LogP) is 1.99. The number of carbonyl (C=O) groups excluding carboxylic acids is 2. The molecule has 140 valence electrons. The summed E-state index contributed by atoms with van der Waals surface area (Å²) in [6.45, 7) is 0.318. The van der Waals surface area contributed by atoms with Gasteiger partial charge in [-0.1, -0.05) is 30.3 Å². The number of hydrogen-bond acceptors (Lipinski definition) is 3. The Morgan fingerprint density at radius 3 is 2.44 bits per heavy atom. The number of aliphatic carboxylic acids is 1. The zero-order valence-corrected chi connectivity index (χ0v) is 14.5. The largest absolute Gasteiger partial charge is 0.480 e. The molecule has 2 atom stereocenters. The number of rotatable bonds is 6. The van der Waals surface area contributed by atoms with Crippen LogP contribution in [0.25, 0.3) is 0 Å². The molecule has 1 unspecified atom stereocenters. The Kier molecular flexibility index (Phi) is 5.49. The van der Waals surface area contributed by atoms with E-state index in [1.807, 2.05) is 6.07 Å². The molecule has 1 saturated heterocycles. The molecule has 7 heteroatoms. The van der Waals surface area contributed by atoms with Gasteiger partial charge in [-0.2, -0.15) is 0 Å². The van der Waals surface area contributed by atoms with Crippen molar-refractivity contribution in [2.75, 3.05) is 11.4 Å². The first-order chi connectivity index (χ1) is 13.0. The molecule has 1 aliphatic rings. The van der Waals surface area contributed by atoms with Crippen LogP contribution < -0.4 is 10.2 Å². The van der Waals surface area contributed by atoms with Crippen molar-refractivity contribution in [3.63, 3.8) is 0 Å². The number of carbonyl (C=O) groups is 3. The van der Waals surface area contributed by atoms with Crippen LogP contribution in [0, 0.1) is 11.7 Å². The van der Waals surface area contributed by atoms with Crippen LogP contribution in [0.15, 0.2) is 54.6 Å². The second kappa shape index (κ2) is 7.99. The van der Waals surface area contributed by atoms with Crippen LogP contribution in [0.5, 0.6) is 0 Å². The van der Waals surface area contributed by atoms with Gasteiger partial charge in [0.25, 0.3) is 0 Å². The SMILES string of the molecule is O=C(N[C@H](Cc1ccccc1)C(=O)O)C1CCN(c2ccc(F)cc2)C1=O. The fourth-order valence-electron chi connectivity index (χ4n) is 3.12. The van der Waals surface area contributed by atoms with Crippen molar-refractivity contribution in [1.82, 2.24) is 5.32 Å². The number of benzene rings is 2. The number of hydrogen-bond donors (Lipinski definition) is 2. The van der Waals surface area contributed by atoms with E-state index in [9.17, 15) is 23.9 Å². The lowest BCUT2D eigenvalue weighted by molar-refractivity contribution is -0.143. The van der Waals surface area contributed by atoms with E-state index in [2.05, 4.69) is 5.32 Å². The molecule has 0 radical (unpaired) electrons. The second-order valence-corrected chi connectivity index (χ2v) is 6.40. The topological polar surface area (TPSA) is 86.7 Å². The number of nitrogens with one attached hydrogen (secondary N) is 1. The van der Waals surface area contributed by atoms with E-state index in [0.717, 1.165) is 5.56 Å². The van der Waals surface area contributed by atoms with Crippen LogP contribution in [0.3, 0.4) is 0 Å². The fraction of sp³-hybridized carbons (Fsp3) is 0.250. The van der Waals surface area contributed by atoms with Crippen LogP contribution in [0.4, 0.5) is 10.1 Å². The molecule has 1 fully saturated rings. The van der Waals surface area contributed by atoms with Crippen LogP contribution in [-0.2, 0) is 20.8 Å². The molecule has 6 nitrogen and oxygen atoms in total. The molecule has 2 N–H and O–H groups in total. The lowest BCUT2D eigenvalue weighted by Gasteiger charge is -2.19. The first-order valence-corrected chi connectivity index (χ1v) is 8.60. The van der Waals surface area contributed by atoms with Crippen molar-refractivity contribution in [3.05, 3.63) is 66.0 Å². The number of amides is 2. The van der Waals surface area contributed by atoms with Crippen molar-refractivity contribution in [3.8, 4) is 0 Å². The summed E-state index contributed by atoms with van der Waals surface area (Å²) >= 11 is 0. The van der Waals surface area contributed by atoms with E-state index in [-0.39, 0.29) is 12.8 Å². The van der Waals surface area contributed by atoms with Gasteiger partial charge in [-0.05, 0) is 36.2 Å². The van der Waals surface area contributed by atoms with E-state index in [1.54, 1.807) is 24.3 Å². The average Bonchev–Trinajstić information content (AvgIpc) is 3.04. The van der Waals surface area contributed by atoms with Crippen LogP contribution in [0.1, 0.15) is 12.0 Å². The summed E-state index contributed by atoms with van der Waals surface area (Å²) in [5, 5.41) is 11.9. The highest BCUT2D eigenvalue weighted by Crippen LogP contribution is 2.25. The second-order valence-electron chi connectivity index (χ2n) is 6.40. The normalized spacial score (nSPS) is 17.6. The molecule has 1 aliphatic heterocycles. The number of carboxylic acids is 1. The van der Waals surface area contributed by atoms with Gasteiger partial charge in [0.1, 0.15) is 17.8 Å². The van der Waals surface area contributed by atoms with Gasteiger partial charge in [-0.3, -0.25) is 9.59 Å². The van der Waals surface area contributed by atoms with E-state index in [0.29, 0.717) is 12.2 Å². The monoisotopic (exact) mass is 370 g/mol. The Balaban J connectivity index is 1.67. The van der Waals surface area contributed by atoms with Crippen LogP contribution in [0.2, 0.25) is 0 Å². The van der Waals surface area contributed by atoms with E-state index in [1.165, 1.54) is 29.2 Å². The first kappa shape index (κ1) is 18.6. The zero-order chi connectivity index (χ0) is 19.4. The average molecular weight is 370 g/mol. The van der Waals surface area contributed by atoms with Gasteiger partial charge in [0.05, 0.1) is 0 Å². The van der Waals surface area contributed by atoms with Gasteiger partial charge in [-0.15, -0.1) is 0 Å². The molecule has 0 spiro atoms. The molecule has 3 rings (SSSR count). The molecule has 2 amide bonds. The summed E-state index contributed by atoms with van der Waals surface area (Å²) in [5.41, 5.74) is 1.28. The van der Waals surface area contributed by atoms with Gasteiger partial charge < -0.3 is 15.3 Å². The highest BCUT2D eigenvalue weighted by molar-refractivity contribution is 6.10. The van der Waals surface area contributed by atoms with Crippen molar-refractivity contribution >= 4 is 23.5 Å². The molecule has 0 aromatic heterocycles. The summed E-state index contributed by atoms with van der Waals surface area (Å²) in [7, 11) is 0. The number of nitrogens with zero attached hydrogens (tertiary/aromatic N) is 1. The minimum atomic E-state index is -1.16. The maximum Gasteiger partial charge on any atom is 0.326 e. The Morgan fingerprint density at radius 1 is 1.15 bits per heavy atom. The number of carboxylic acid groups (broad SMARTS) is 1. The number of anilines is 1. The van der Waals surface area contributed by atoms with Crippen LogP contribution in [-0.4, -0.2) is 35.5 Å². The summed E-state index contributed by atoms with van der Waals surface area (Å²) in [6, 6.07) is 13.3. The molecule has 0 aliphatic carbocycles. The fourth-order valence-corrected chi connectivity index (χ4v) is 3.12. The van der Waals surface area contributed by atoms with E-state index >= 15 is 0 Å². The lowest BCUT2D eigenvalue weighted by Crippen LogP contribution is -2.46. The van der Waals surface area contributed by atoms with Crippen molar-refractivity contribution in [1.29, 1.82) is 0 Å². The third kappa shape index (κ3) is 4.31. The molecule has 0 saturated carbocycles. The maximum absolute atomic E-state index is 13.1. The molecular formula is C20H19FN2O4. The van der Waals surface area contributed by atoms with Gasteiger partial charge >= 0.3 is 5.97 Å². The number of halogens is 1. The van der Waals surface area contributed by atoms with Crippen molar-refractivity contribution in [2.45, 2.75) is 18.9 Å². The van der Waals surface area contributed by atoms with Crippen molar-refractivity contribution < 1.29 is 23.9 Å². The van der Waals surface area contributed by atoms with E-state index < -0.39 is 35.6 Å². The van der Waals surface area contributed by atoms with Gasteiger partial charge in [0.2, 0.25) is 11.8 Å². The van der Waals surface area contributed by atoms with Gasteiger partial charge in [-0.25, -0.2) is 9.18 Å².